The Balaban J connectivity index is 1.86. The lowest BCUT2D eigenvalue weighted by molar-refractivity contribution is -0.143. The topological polar surface area (TPSA) is 108 Å². The molecule has 2 fully saturated rings. The summed E-state index contributed by atoms with van der Waals surface area (Å²) in [4.78, 5) is 40.4. The molecule has 4 rings (SSSR count). The number of aliphatic hydroxyl groups is 1. The van der Waals surface area contributed by atoms with Crippen molar-refractivity contribution in [3.8, 4) is 0 Å². The van der Waals surface area contributed by atoms with Crippen LogP contribution in [0.1, 0.15) is 12.5 Å². The van der Waals surface area contributed by atoms with Crippen molar-refractivity contribution < 1.29 is 24.2 Å². The Kier molecular flexibility index (Phi) is 4.38. The summed E-state index contributed by atoms with van der Waals surface area (Å²) in [6, 6.07) is 4.61. The number of benzene rings is 1. The highest BCUT2D eigenvalue weighted by molar-refractivity contribution is 9.10. The van der Waals surface area contributed by atoms with Crippen molar-refractivity contribution in [3.05, 3.63) is 28.2 Å². The van der Waals surface area contributed by atoms with Gasteiger partial charge in [0.15, 0.2) is 0 Å². The number of fused-ring (bicyclic) bond motifs is 4. The number of carbonyl (C=O) groups is 3. The second kappa shape index (κ2) is 6.37. The molecule has 9 heteroatoms. The molecule has 3 heterocycles. The van der Waals surface area contributed by atoms with E-state index in [1.165, 1.54) is 7.11 Å². The van der Waals surface area contributed by atoms with Gasteiger partial charge in [-0.1, -0.05) is 15.9 Å². The standard InChI is InChI=1S/C18H20BrN3O5/c1-8(23)14-12-13(16(25)22(15(12)24)5-6-27-2)18(21-14)10-7-9(19)3-4-11(10)20-17(18)26/h3-4,7-8,12-14,21,23H,5-6H2,1-2H3,(H,20,26)/t8-,12-,13-,14+,18+/m0/s1. The number of ether oxygens (including phenoxy) is 1. The molecular formula is C18H20BrN3O5. The van der Waals surface area contributed by atoms with E-state index in [-0.39, 0.29) is 25.0 Å². The molecule has 1 spiro atoms. The number of amides is 3. The summed E-state index contributed by atoms with van der Waals surface area (Å²) in [7, 11) is 1.49. The van der Waals surface area contributed by atoms with E-state index in [4.69, 9.17) is 4.74 Å². The average molecular weight is 438 g/mol. The predicted octanol–water partition coefficient (Wildman–Crippen LogP) is 0.197. The zero-order valence-electron chi connectivity index (χ0n) is 14.9. The van der Waals surface area contributed by atoms with E-state index < -0.39 is 35.4 Å². The summed E-state index contributed by atoms with van der Waals surface area (Å²) in [5.74, 6) is -2.92. The maximum Gasteiger partial charge on any atom is 0.250 e. The summed E-state index contributed by atoms with van der Waals surface area (Å²) >= 11 is 3.41. The van der Waals surface area contributed by atoms with Crippen molar-refractivity contribution in [3.63, 3.8) is 0 Å². The fraction of sp³-hybridized carbons (Fsp3) is 0.500. The first-order valence-corrected chi connectivity index (χ1v) is 9.53. The summed E-state index contributed by atoms with van der Waals surface area (Å²) in [5.41, 5.74) is -0.189. The van der Waals surface area contributed by atoms with Gasteiger partial charge in [0.1, 0.15) is 5.54 Å². The number of imide groups is 1. The number of hydrogen-bond donors (Lipinski definition) is 3. The van der Waals surface area contributed by atoms with Crippen molar-refractivity contribution in [2.24, 2.45) is 11.8 Å². The summed E-state index contributed by atoms with van der Waals surface area (Å²) in [5, 5.41) is 16.3. The molecule has 0 unspecified atom stereocenters. The van der Waals surface area contributed by atoms with Gasteiger partial charge in [0.25, 0.3) is 0 Å². The Morgan fingerprint density at radius 2 is 2.07 bits per heavy atom. The van der Waals surface area contributed by atoms with E-state index in [1.54, 1.807) is 25.1 Å². The van der Waals surface area contributed by atoms with Crippen LogP contribution in [0.2, 0.25) is 0 Å². The van der Waals surface area contributed by atoms with E-state index >= 15 is 0 Å². The van der Waals surface area contributed by atoms with Crippen LogP contribution >= 0.6 is 15.9 Å². The minimum Gasteiger partial charge on any atom is -0.392 e. The third-order valence-corrected chi connectivity index (χ3v) is 6.23. The van der Waals surface area contributed by atoms with Gasteiger partial charge >= 0.3 is 0 Å². The summed E-state index contributed by atoms with van der Waals surface area (Å²) in [6.07, 6.45) is -0.917. The lowest BCUT2D eigenvalue weighted by Crippen LogP contribution is -2.55. The van der Waals surface area contributed by atoms with Gasteiger partial charge in [0.2, 0.25) is 17.7 Å². The van der Waals surface area contributed by atoms with Gasteiger partial charge in [0, 0.05) is 28.9 Å². The first kappa shape index (κ1) is 18.5. The second-order valence-electron chi connectivity index (χ2n) is 7.19. The molecule has 0 radical (unpaired) electrons. The molecule has 8 nitrogen and oxygen atoms in total. The van der Waals surface area contributed by atoms with Crippen LogP contribution < -0.4 is 10.6 Å². The van der Waals surface area contributed by atoms with Crippen molar-refractivity contribution in [1.29, 1.82) is 0 Å². The Morgan fingerprint density at radius 1 is 1.33 bits per heavy atom. The minimum absolute atomic E-state index is 0.122. The number of hydrogen-bond acceptors (Lipinski definition) is 6. The third kappa shape index (κ3) is 2.42. The summed E-state index contributed by atoms with van der Waals surface area (Å²) < 4.78 is 5.76. The molecule has 5 atom stereocenters. The van der Waals surface area contributed by atoms with Gasteiger partial charge in [-0.25, -0.2) is 0 Å². The van der Waals surface area contributed by atoms with Crippen LogP contribution in [0.4, 0.5) is 5.69 Å². The summed E-state index contributed by atoms with van der Waals surface area (Å²) in [6.45, 7) is 1.89. The number of halogens is 1. The number of anilines is 1. The highest BCUT2D eigenvalue weighted by Crippen LogP contribution is 2.53. The maximum atomic E-state index is 13.2. The molecule has 0 aliphatic carbocycles. The quantitative estimate of drug-likeness (QED) is 0.580. The van der Waals surface area contributed by atoms with Crippen molar-refractivity contribution in [2.45, 2.75) is 24.6 Å². The smallest absolute Gasteiger partial charge is 0.250 e. The molecule has 3 amide bonds. The van der Waals surface area contributed by atoms with Gasteiger partial charge in [-0.05, 0) is 25.1 Å². The lowest BCUT2D eigenvalue weighted by atomic mass is 9.76. The van der Waals surface area contributed by atoms with Gasteiger partial charge in [-0.2, -0.15) is 0 Å². The zero-order chi connectivity index (χ0) is 19.5. The Labute approximate surface area is 164 Å². The number of rotatable bonds is 4. The molecule has 3 N–H and O–H groups in total. The number of aliphatic hydroxyl groups excluding tert-OH is 1. The van der Waals surface area contributed by atoms with Gasteiger partial charge in [-0.15, -0.1) is 0 Å². The van der Waals surface area contributed by atoms with Crippen molar-refractivity contribution in [1.82, 2.24) is 10.2 Å². The van der Waals surface area contributed by atoms with Crippen LogP contribution in [0, 0.1) is 11.8 Å². The van der Waals surface area contributed by atoms with E-state index in [1.807, 2.05) is 0 Å². The van der Waals surface area contributed by atoms with Gasteiger partial charge < -0.3 is 15.2 Å². The average Bonchev–Trinajstić information content (AvgIpc) is 3.20. The van der Waals surface area contributed by atoms with Crippen LogP contribution in [0.5, 0.6) is 0 Å². The highest BCUT2D eigenvalue weighted by Gasteiger charge is 2.71. The minimum atomic E-state index is -1.39. The largest absolute Gasteiger partial charge is 0.392 e. The molecule has 27 heavy (non-hydrogen) atoms. The van der Waals surface area contributed by atoms with Crippen molar-refractivity contribution in [2.75, 3.05) is 25.6 Å². The SMILES string of the molecule is COCCN1C(=O)[C@@H]2[C@@H]([C@H](C)O)N[C@@]3(C(=O)Nc4ccc(Br)cc43)[C@@H]2C1=O. The normalized spacial score (nSPS) is 32.8. The van der Waals surface area contributed by atoms with Crippen LogP contribution in [0.25, 0.3) is 0 Å². The predicted molar refractivity (Wildman–Crippen MR) is 98.6 cm³/mol. The van der Waals surface area contributed by atoms with Crippen molar-refractivity contribution >= 4 is 39.3 Å². The number of nitrogens with zero attached hydrogens (tertiary/aromatic N) is 1. The van der Waals surface area contributed by atoms with Crippen LogP contribution in [0.15, 0.2) is 22.7 Å². The monoisotopic (exact) mass is 437 g/mol. The van der Waals surface area contributed by atoms with Crippen LogP contribution in [-0.2, 0) is 24.7 Å². The Morgan fingerprint density at radius 3 is 2.74 bits per heavy atom. The molecule has 3 aliphatic heterocycles. The van der Waals surface area contributed by atoms with E-state index in [2.05, 4.69) is 26.6 Å². The molecule has 3 aliphatic rings. The molecule has 2 saturated heterocycles. The maximum absolute atomic E-state index is 13.2. The molecule has 144 valence electrons. The second-order valence-corrected chi connectivity index (χ2v) is 8.10. The van der Waals surface area contributed by atoms with Gasteiger partial charge in [0.05, 0.1) is 31.1 Å². The number of likely N-dealkylation sites (tertiary alicyclic amines) is 1. The third-order valence-electron chi connectivity index (χ3n) is 5.74. The number of methoxy groups -OCH3 is 1. The number of carbonyl (C=O) groups excluding carboxylic acids is 3. The van der Waals surface area contributed by atoms with E-state index in [0.717, 1.165) is 9.37 Å². The molecule has 0 aromatic heterocycles. The van der Waals surface area contributed by atoms with Crippen LogP contribution in [-0.4, -0.2) is 60.1 Å². The van der Waals surface area contributed by atoms with Gasteiger partial charge in [-0.3, -0.25) is 24.6 Å². The molecular weight excluding hydrogens is 418 g/mol. The molecule has 0 bridgehead atoms. The Bertz CT molecular complexity index is 844. The number of nitrogens with one attached hydrogen (secondary N) is 2. The van der Waals surface area contributed by atoms with E-state index in [9.17, 15) is 19.5 Å². The lowest BCUT2D eigenvalue weighted by Gasteiger charge is -2.30. The molecule has 1 aromatic rings. The molecule has 1 aromatic carbocycles. The zero-order valence-corrected chi connectivity index (χ0v) is 16.4. The fourth-order valence-corrected chi connectivity index (χ4v) is 4.94. The highest BCUT2D eigenvalue weighted by atomic mass is 79.9. The fourth-order valence-electron chi connectivity index (χ4n) is 4.58. The van der Waals surface area contributed by atoms with E-state index in [0.29, 0.717) is 11.3 Å². The first-order valence-electron chi connectivity index (χ1n) is 8.74. The first-order chi connectivity index (χ1) is 12.8. The Hall–Kier alpha value is -1.81. The molecule has 0 saturated carbocycles. The van der Waals surface area contributed by atoms with Crippen LogP contribution in [0.3, 0.4) is 0 Å².